The summed E-state index contributed by atoms with van der Waals surface area (Å²) in [6.07, 6.45) is -1.09. The number of hydrogen-bond donors (Lipinski definition) is 1. The summed E-state index contributed by atoms with van der Waals surface area (Å²) in [5.41, 5.74) is 3.68. The summed E-state index contributed by atoms with van der Waals surface area (Å²) in [6.45, 7) is 5.95. The number of benzene rings is 2. The lowest BCUT2D eigenvalue weighted by Crippen LogP contribution is -2.38. The highest BCUT2D eigenvalue weighted by Gasteiger charge is 2.22. The zero-order chi connectivity index (χ0) is 16.8. The Morgan fingerprint density at radius 2 is 1.70 bits per heavy atom. The van der Waals surface area contributed by atoms with Gasteiger partial charge in [-0.1, -0.05) is 48.5 Å². The molecular weight excluding hydrogens is 290 g/mol. The quantitative estimate of drug-likeness (QED) is 0.912. The molecule has 0 saturated carbocycles. The van der Waals surface area contributed by atoms with Crippen LogP contribution in [0.25, 0.3) is 0 Å². The van der Waals surface area contributed by atoms with E-state index in [1.807, 2.05) is 62.4 Å². The van der Waals surface area contributed by atoms with Gasteiger partial charge in [-0.15, -0.1) is 0 Å². The van der Waals surface area contributed by atoms with Gasteiger partial charge in [-0.05, 0) is 37.5 Å². The number of hydrogen-bond acceptors (Lipinski definition) is 3. The molecule has 1 atom stereocenters. The van der Waals surface area contributed by atoms with Gasteiger partial charge in [0.05, 0.1) is 18.3 Å². The van der Waals surface area contributed by atoms with Crippen molar-refractivity contribution in [2.45, 2.75) is 33.5 Å². The standard InChI is InChI=1S/C19H23NO3/c1-14-8-7-9-15(2)18(14)20(12-16(3)21)19(22)23-13-17-10-5-4-6-11-17/h4-11,16,21H,12-13H2,1-3H3. The van der Waals surface area contributed by atoms with Crippen molar-refractivity contribution in [2.75, 3.05) is 11.4 Å². The second kappa shape index (κ2) is 7.79. The van der Waals surface area contributed by atoms with Crippen LogP contribution in [0.5, 0.6) is 0 Å². The summed E-state index contributed by atoms with van der Waals surface area (Å²) in [5.74, 6) is 0. The summed E-state index contributed by atoms with van der Waals surface area (Å²) in [7, 11) is 0. The Kier molecular flexibility index (Phi) is 5.77. The third-order valence-corrected chi connectivity index (χ3v) is 3.58. The van der Waals surface area contributed by atoms with Gasteiger partial charge >= 0.3 is 6.09 Å². The maximum atomic E-state index is 12.5. The zero-order valence-electron chi connectivity index (χ0n) is 13.8. The van der Waals surface area contributed by atoms with E-state index in [0.717, 1.165) is 22.4 Å². The van der Waals surface area contributed by atoms with Gasteiger partial charge in [0.25, 0.3) is 0 Å². The Bertz CT molecular complexity index is 633. The van der Waals surface area contributed by atoms with Gasteiger partial charge in [-0.2, -0.15) is 0 Å². The minimum atomic E-state index is -0.640. The normalized spacial score (nSPS) is 11.8. The lowest BCUT2D eigenvalue weighted by atomic mass is 10.1. The van der Waals surface area contributed by atoms with Crippen molar-refractivity contribution in [1.82, 2.24) is 0 Å². The van der Waals surface area contributed by atoms with E-state index >= 15 is 0 Å². The Hall–Kier alpha value is -2.33. The van der Waals surface area contributed by atoms with E-state index in [4.69, 9.17) is 4.74 Å². The van der Waals surface area contributed by atoms with Crippen molar-refractivity contribution in [3.8, 4) is 0 Å². The number of amides is 1. The summed E-state index contributed by atoms with van der Waals surface area (Å²) in [4.78, 5) is 14.1. The molecule has 122 valence electrons. The first-order chi connectivity index (χ1) is 11.0. The molecular formula is C19H23NO3. The number of rotatable bonds is 5. The predicted octanol–water partition coefficient (Wildman–Crippen LogP) is 3.83. The molecule has 0 bridgehead atoms. The summed E-state index contributed by atoms with van der Waals surface area (Å²) in [6, 6.07) is 15.4. The van der Waals surface area contributed by atoms with Crippen LogP contribution in [0, 0.1) is 13.8 Å². The monoisotopic (exact) mass is 313 g/mol. The van der Waals surface area contributed by atoms with Crippen LogP contribution in [0.15, 0.2) is 48.5 Å². The lowest BCUT2D eigenvalue weighted by molar-refractivity contribution is 0.139. The van der Waals surface area contributed by atoms with Crippen LogP contribution < -0.4 is 4.90 Å². The number of carbonyl (C=O) groups is 1. The van der Waals surface area contributed by atoms with Gasteiger partial charge in [0.15, 0.2) is 0 Å². The Balaban J connectivity index is 2.19. The molecule has 1 unspecified atom stereocenters. The van der Waals surface area contributed by atoms with E-state index in [0.29, 0.717) is 0 Å². The fraction of sp³-hybridized carbons (Fsp3) is 0.316. The topological polar surface area (TPSA) is 49.8 Å². The molecule has 4 heteroatoms. The van der Waals surface area contributed by atoms with Gasteiger partial charge in [-0.3, -0.25) is 4.90 Å². The van der Waals surface area contributed by atoms with E-state index < -0.39 is 12.2 Å². The van der Waals surface area contributed by atoms with Gasteiger partial charge < -0.3 is 9.84 Å². The molecule has 0 heterocycles. The predicted molar refractivity (Wildman–Crippen MR) is 91.6 cm³/mol. The van der Waals surface area contributed by atoms with Crippen LogP contribution in [-0.2, 0) is 11.3 Å². The number of aliphatic hydroxyl groups is 1. The number of anilines is 1. The largest absolute Gasteiger partial charge is 0.444 e. The first-order valence-electron chi connectivity index (χ1n) is 7.71. The maximum Gasteiger partial charge on any atom is 0.414 e. The average molecular weight is 313 g/mol. The Labute approximate surface area is 137 Å². The highest BCUT2D eigenvalue weighted by atomic mass is 16.6. The molecule has 2 rings (SSSR count). The fourth-order valence-corrected chi connectivity index (χ4v) is 2.55. The Morgan fingerprint density at radius 3 is 2.26 bits per heavy atom. The van der Waals surface area contributed by atoms with Crippen LogP contribution in [0.4, 0.5) is 10.5 Å². The van der Waals surface area contributed by atoms with Crippen molar-refractivity contribution in [3.05, 3.63) is 65.2 Å². The Morgan fingerprint density at radius 1 is 1.09 bits per heavy atom. The molecule has 0 radical (unpaired) electrons. The minimum absolute atomic E-state index is 0.194. The first kappa shape index (κ1) is 17.0. The van der Waals surface area contributed by atoms with Gasteiger partial charge in [0.1, 0.15) is 6.61 Å². The van der Waals surface area contributed by atoms with Gasteiger partial charge in [0, 0.05) is 0 Å². The summed E-state index contributed by atoms with van der Waals surface area (Å²) in [5, 5.41) is 9.75. The highest BCUT2D eigenvalue weighted by molar-refractivity contribution is 5.89. The number of carbonyl (C=O) groups excluding carboxylic acids is 1. The van der Waals surface area contributed by atoms with Gasteiger partial charge in [-0.25, -0.2) is 4.79 Å². The third-order valence-electron chi connectivity index (χ3n) is 3.58. The van der Waals surface area contributed by atoms with E-state index in [2.05, 4.69) is 0 Å². The molecule has 1 amide bonds. The molecule has 4 nitrogen and oxygen atoms in total. The van der Waals surface area contributed by atoms with E-state index in [-0.39, 0.29) is 13.2 Å². The molecule has 0 aromatic heterocycles. The van der Waals surface area contributed by atoms with Crippen LogP contribution in [-0.4, -0.2) is 23.8 Å². The van der Waals surface area contributed by atoms with E-state index in [9.17, 15) is 9.90 Å². The van der Waals surface area contributed by atoms with Crippen molar-refractivity contribution in [3.63, 3.8) is 0 Å². The van der Waals surface area contributed by atoms with Crippen molar-refractivity contribution >= 4 is 11.8 Å². The molecule has 0 aliphatic carbocycles. The van der Waals surface area contributed by atoms with Crippen LogP contribution >= 0.6 is 0 Å². The van der Waals surface area contributed by atoms with Crippen molar-refractivity contribution in [2.24, 2.45) is 0 Å². The van der Waals surface area contributed by atoms with Crippen LogP contribution in [0.3, 0.4) is 0 Å². The second-order valence-electron chi connectivity index (χ2n) is 5.74. The molecule has 0 aliphatic rings. The van der Waals surface area contributed by atoms with Crippen LogP contribution in [0.1, 0.15) is 23.6 Å². The van der Waals surface area contributed by atoms with Crippen molar-refractivity contribution in [1.29, 1.82) is 0 Å². The highest BCUT2D eigenvalue weighted by Crippen LogP contribution is 2.25. The first-order valence-corrected chi connectivity index (χ1v) is 7.71. The smallest absolute Gasteiger partial charge is 0.414 e. The number of aryl methyl sites for hydroxylation is 2. The number of aliphatic hydroxyl groups excluding tert-OH is 1. The molecule has 0 fully saturated rings. The minimum Gasteiger partial charge on any atom is -0.444 e. The van der Waals surface area contributed by atoms with Crippen LogP contribution in [0.2, 0.25) is 0 Å². The van der Waals surface area contributed by atoms with E-state index in [1.54, 1.807) is 6.92 Å². The molecule has 23 heavy (non-hydrogen) atoms. The summed E-state index contributed by atoms with van der Waals surface area (Å²) >= 11 is 0. The molecule has 0 spiro atoms. The SMILES string of the molecule is Cc1cccc(C)c1N(CC(C)O)C(=O)OCc1ccccc1. The van der Waals surface area contributed by atoms with E-state index in [1.165, 1.54) is 4.90 Å². The number of ether oxygens (including phenoxy) is 1. The molecule has 1 N–H and O–H groups in total. The number of nitrogens with zero attached hydrogens (tertiary/aromatic N) is 1. The fourth-order valence-electron chi connectivity index (χ4n) is 2.55. The lowest BCUT2D eigenvalue weighted by Gasteiger charge is -2.26. The molecule has 2 aromatic rings. The van der Waals surface area contributed by atoms with Gasteiger partial charge in [0.2, 0.25) is 0 Å². The molecule has 0 aliphatic heterocycles. The zero-order valence-corrected chi connectivity index (χ0v) is 13.8. The average Bonchev–Trinajstić information content (AvgIpc) is 2.52. The maximum absolute atomic E-state index is 12.5. The number of para-hydroxylation sites is 1. The third kappa shape index (κ3) is 4.57. The second-order valence-corrected chi connectivity index (χ2v) is 5.74. The molecule has 0 saturated heterocycles. The van der Waals surface area contributed by atoms with Crippen molar-refractivity contribution < 1.29 is 14.6 Å². The molecule has 2 aromatic carbocycles. The summed E-state index contributed by atoms with van der Waals surface area (Å²) < 4.78 is 5.43.